The predicted octanol–water partition coefficient (Wildman–Crippen LogP) is 5.29. The number of aromatic nitrogens is 5. The van der Waals surface area contributed by atoms with Crippen molar-refractivity contribution in [2.45, 2.75) is 33.6 Å². The van der Waals surface area contributed by atoms with E-state index in [2.05, 4.69) is 20.3 Å². The average molecular weight is 518 g/mol. The summed E-state index contributed by atoms with van der Waals surface area (Å²) < 4.78 is 1.73. The first kappa shape index (κ1) is 25.8. The smallest absolute Gasteiger partial charge is 0.266 e. The highest BCUT2D eigenvalue weighted by Crippen LogP contribution is 2.21. The first-order chi connectivity index (χ1) is 18.9. The van der Waals surface area contributed by atoms with Crippen molar-refractivity contribution in [1.82, 2.24) is 24.5 Å². The molecule has 0 saturated heterocycles. The zero-order valence-electron chi connectivity index (χ0n) is 22.3. The Morgan fingerprint density at radius 2 is 1.67 bits per heavy atom. The van der Waals surface area contributed by atoms with Gasteiger partial charge < -0.3 is 11.1 Å². The van der Waals surface area contributed by atoms with Crippen LogP contribution in [0.3, 0.4) is 0 Å². The number of pyridine rings is 1. The maximum absolute atomic E-state index is 13.6. The van der Waals surface area contributed by atoms with Crippen LogP contribution in [0.1, 0.15) is 40.5 Å². The van der Waals surface area contributed by atoms with Crippen molar-refractivity contribution >= 4 is 34.8 Å². The van der Waals surface area contributed by atoms with E-state index in [0.717, 1.165) is 46.1 Å². The molecule has 3 N–H and O–H groups in total. The number of nitrogens with zero attached hydrogens (tertiary/aromatic N) is 5. The summed E-state index contributed by atoms with van der Waals surface area (Å²) in [4.78, 5) is 31.8. The molecule has 2 aromatic carbocycles. The normalized spacial score (nSPS) is 11.4. The number of hydrogen-bond donors (Lipinski definition) is 2. The minimum atomic E-state index is -0.0522. The fourth-order valence-electron chi connectivity index (χ4n) is 4.67. The Morgan fingerprint density at radius 3 is 2.46 bits per heavy atom. The third-order valence-electron chi connectivity index (χ3n) is 6.54. The molecule has 3 aromatic heterocycles. The summed E-state index contributed by atoms with van der Waals surface area (Å²) in [6, 6.07) is 21.3. The summed E-state index contributed by atoms with van der Waals surface area (Å²) in [5.74, 6) is 1.59. The summed E-state index contributed by atoms with van der Waals surface area (Å²) in [5.41, 5.74) is 11.8. The molecule has 0 spiro atoms. The van der Waals surface area contributed by atoms with Gasteiger partial charge in [-0.3, -0.25) is 14.3 Å². The van der Waals surface area contributed by atoms with Crippen molar-refractivity contribution in [2.24, 2.45) is 0 Å². The molecular formula is C31H31N7O. The fraction of sp³-hybridized carbons (Fsp3) is 0.194. The van der Waals surface area contributed by atoms with Crippen molar-refractivity contribution in [3.05, 3.63) is 111 Å². The molecule has 8 nitrogen and oxygen atoms in total. The van der Waals surface area contributed by atoms with Crippen LogP contribution < -0.4 is 16.6 Å². The van der Waals surface area contributed by atoms with Crippen LogP contribution in [0.15, 0.2) is 71.5 Å². The minimum absolute atomic E-state index is 0.0522. The lowest BCUT2D eigenvalue weighted by Gasteiger charge is -2.15. The number of fused-ring (bicyclic) bond motifs is 1. The molecule has 0 saturated carbocycles. The molecule has 39 heavy (non-hydrogen) atoms. The van der Waals surface area contributed by atoms with Crippen molar-refractivity contribution in [3.8, 4) is 5.69 Å². The predicted molar refractivity (Wildman–Crippen MR) is 158 cm³/mol. The first-order valence-electron chi connectivity index (χ1n) is 13.0. The molecule has 8 heteroatoms. The van der Waals surface area contributed by atoms with Crippen molar-refractivity contribution < 1.29 is 0 Å². The zero-order chi connectivity index (χ0) is 27.4. The Balaban J connectivity index is 1.39. The Hall–Kier alpha value is -4.85. The van der Waals surface area contributed by atoms with Gasteiger partial charge in [0.05, 0.1) is 28.0 Å². The summed E-state index contributed by atoms with van der Waals surface area (Å²) in [6.07, 6.45) is 5.22. The van der Waals surface area contributed by atoms with E-state index in [0.29, 0.717) is 29.7 Å². The van der Waals surface area contributed by atoms with Crippen LogP contribution in [0.4, 0.5) is 11.8 Å². The topological polar surface area (TPSA) is 112 Å². The van der Waals surface area contributed by atoms with Gasteiger partial charge in [-0.2, -0.15) is 4.98 Å². The van der Waals surface area contributed by atoms with E-state index in [1.807, 2.05) is 99.7 Å². The zero-order valence-corrected chi connectivity index (χ0v) is 22.3. The number of aryl methyl sites for hydroxylation is 4. The Labute approximate surface area is 227 Å². The number of nitrogen functional groups attached to an aromatic ring is 1. The van der Waals surface area contributed by atoms with Crippen LogP contribution in [0.5, 0.6) is 0 Å². The minimum Gasteiger partial charge on any atom is -0.369 e. The van der Waals surface area contributed by atoms with Gasteiger partial charge in [0.2, 0.25) is 5.95 Å². The van der Waals surface area contributed by atoms with Gasteiger partial charge in [-0.05, 0) is 75.2 Å². The van der Waals surface area contributed by atoms with Gasteiger partial charge in [0, 0.05) is 24.2 Å². The second-order valence-corrected chi connectivity index (χ2v) is 9.47. The van der Waals surface area contributed by atoms with Gasteiger partial charge in [0.15, 0.2) is 0 Å². The molecule has 0 fully saturated rings. The fourth-order valence-corrected chi connectivity index (χ4v) is 4.67. The van der Waals surface area contributed by atoms with E-state index in [-0.39, 0.29) is 11.5 Å². The van der Waals surface area contributed by atoms with Gasteiger partial charge in [0.1, 0.15) is 11.6 Å². The lowest BCUT2D eigenvalue weighted by Crippen LogP contribution is -2.25. The van der Waals surface area contributed by atoms with Crippen LogP contribution >= 0.6 is 0 Å². The number of anilines is 2. The number of hydrogen-bond acceptors (Lipinski definition) is 7. The molecule has 5 rings (SSSR count). The van der Waals surface area contributed by atoms with Crippen LogP contribution in [-0.4, -0.2) is 31.0 Å². The van der Waals surface area contributed by atoms with Gasteiger partial charge >= 0.3 is 0 Å². The molecule has 196 valence electrons. The Morgan fingerprint density at radius 1 is 0.872 bits per heavy atom. The Kier molecular flexibility index (Phi) is 7.45. The second-order valence-electron chi connectivity index (χ2n) is 9.47. The van der Waals surface area contributed by atoms with Crippen LogP contribution in [0, 0.1) is 20.8 Å². The number of benzene rings is 2. The van der Waals surface area contributed by atoms with Gasteiger partial charge in [-0.15, -0.1) is 0 Å². The molecule has 0 atom stereocenters. The van der Waals surface area contributed by atoms with Crippen molar-refractivity contribution in [1.29, 1.82) is 0 Å². The maximum atomic E-state index is 13.6. The van der Waals surface area contributed by atoms with E-state index in [1.165, 1.54) is 0 Å². The largest absolute Gasteiger partial charge is 0.369 e. The van der Waals surface area contributed by atoms with E-state index >= 15 is 0 Å². The molecule has 0 aliphatic heterocycles. The highest BCUT2D eigenvalue weighted by Gasteiger charge is 2.14. The highest BCUT2D eigenvalue weighted by molar-refractivity contribution is 5.81. The summed E-state index contributed by atoms with van der Waals surface area (Å²) in [7, 11) is 0. The van der Waals surface area contributed by atoms with Gasteiger partial charge in [-0.25, -0.2) is 9.97 Å². The molecule has 5 aromatic rings. The summed E-state index contributed by atoms with van der Waals surface area (Å²) in [5, 5.41) is 4.06. The molecule has 0 aliphatic carbocycles. The number of nitrogens with one attached hydrogen (secondary N) is 1. The van der Waals surface area contributed by atoms with Gasteiger partial charge in [0.25, 0.3) is 5.56 Å². The first-order valence-corrected chi connectivity index (χ1v) is 13.0. The van der Waals surface area contributed by atoms with E-state index < -0.39 is 0 Å². The lowest BCUT2D eigenvalue weighted by molar-refractivity contribution is 0.753. The molecule has 0 aliphatic rings. The summed E-state index contributed by atoms with van der Waals surface area (Å²) >= 11 is 0. The second kappa shape index (κ2) is 11.3. The van der Waals surface area contributed by atoms with Crippen molar-refractivity contribution in [3.63, 3.8) is 0 Å². The van der Waals surface area contributed by atoms with Crippen LogP contribution in [0.2, 0.25) is 0 Å². The Bertz CT molecular complexity index is 1730. The van der Waals surface area contributed by atoms with E-state index in [9.17, 15) is 4.79 Å². The number of rotatable bonds is 8. The van der Waals surface area contributed by atoms with Crippen molar-refractivity contribution in [2.75, 3.05) is 17.6 Å². The highest BCUT2D eigenvalue weighted by atomic mass is 16.1. The molecule has 0 amide bonds. The summed E-state index contributed by atoms with van der Waals surface area (Å²) in [6.45, 7) is 6.42. The molecular weight excluding hydrogens is 486 g/mol. The molecule has 0 radical (unpaired) electrons. The average Bonchev–Trinajstić information content (AvgIpc) is 2.91. The van der Waals surface area contributed by atoms with Crippen LogP contribution in [-0.2, 0) is 6.42 Å². The number of para-hydroxylation sites is 1. The maximum Gasteiger partial charge on any atom is 0.266 e. The standard InChI is InChI=1S/C31H31N7O/c1-20-10-7-15-26-28(20)30(39)38(24-13-5-4-6-14-24)27(36-26)16-9-19-33-29-25(22(3)35-31(32)37-29)18-17-23-12-8-11-21(2)34-23/h4-8,10-15,17-18H,9,16,19H2,1-3H3,(H3,32,33,35,37)/b18-17+. The van der Waals surface area contributed by atoms with E-state index in [1.54, 1.807) is 4.57 Å². The molecule has 3 heterocycles. The quantitative estimate of drug-likeness (QED) is 0.269. The molecule has 0 bridgehead atoms. The lowest BCUT2D eigenvalue weighted by atomic mass is 10.1. The van der Waals surface area contributed by atoms with E-state index in [4.69, 9.17) is 10.7 Å². The number of nitrogens with two attached hydrogens (primary N) is 1. The monoisotopic (exact) mass is 517 g/mol. The third-order valence-corrected chi connectivity index (χ3v) is 6.54. The van der Waals surface area contributed by atoms with Crippen LogP contribution in [0.25, 0.3) is 28.7 Å². The third kappa shape index (κ3) is 5.70. The van der Waals surface area contributed by atoms with Gasteiger partial charge in [-0.1, -0.05) is 36.4 Å². The molecule has 0 unspecified atom stereocenters. The SMILES string of the molecule is Cc1cccc(/C=C/c2c(C)nc(N)nc2NCCCc2nc3cccc(C)c3c(=O)n2-c2ccccc2)n1.